The molecule has 0 atom stereocenters. The van der Waals surface area contributed by atoms with Crippen molar-refractivity contribution < 1.29 is 27.8 Å². The standard InChI is InChI=1S/C20H18F2N2O4S/c1-2-26-16-9-5-6-10-17(16)27-11-18(25)24-20-23-14(12-29-20)13-7-3-4-8-15(13)28-19(21)22/h3-10,12,19H,2,11H2,1H3,(H,23,24,25). The van der Waals surface area contributed by atoms with Crippen molar-refractivity contribution in [1.29, 1.82) is 0 Å². The van der Waals surface area contributed by atoms with Gasteiger partial charge in [0.1, 0.15) is 5.75 Å². The number of aromatic nitrogens is 1. The van der Waals surface area contributed by atoms with Crippen LogP contribution in [0.4, 0.5) is 13.9 Å². The lowest BCUT2D eigenvalue weighted by atomic mass is 10.1. The Morgan fingerprint density at radius 1 is 1.07 bits per heavy atom. The average Bonchev–Trinajstić information content (AvgIpc) is 3.16. The molecule has 0 unspecified atom stereocenters. The van der Waals surface area contributed by atoms with E-state index in [0.717, 1.165) is 0 Å². The maximum atomic E-state index is 12.6. The lowest BCUT2D eigenvalue weighted by Gasteiger charge is -2.11. The smallest absolute Gasteiger partial charge is 0.387 e. The molecule has 9 heteroatoms. The minimum atomic E-state index is -2.94. The minimum Gasteiger partial charge on any atom is -0.490 e. The Kier molecular flexibility index (Phi) is 6.96. The van der Waals surface area contributed by atoms with Crippen molar-refractivity contribution in [3.8, 4) is 28.5 Å². The number of benzene rings is 2. The molecule has 1 aromatic heterocycles. The van der Waals surface area contributed by atoms with Crippen LogP contribution in [-0.2, 0) is 4.79 Å². The predicted molar refractivity (Wildman–Crippen MR) is 106 cm³/mol. The topological polar surface area (TPSA) is 69.7 Å². The van der Waals surface area contributed by atoms with Crippen molar-refractivity contribution >= 4 is 22.4 Å². The molecule has 0 spiro atoms. The van der Waals surface area contributed by atoms with Crippen LogP contribution in [0.2, 0.25) is 0 Å². The molecule has 1 amide bonds. The van der Waals surface area contributed by atoms with Crippen molar-refractivity contribution in [3.63, 3.8) is 0 Å². The van der Waals surface area contributed by atoms with Gasteiger partial charge < -0.3 is 14.2 Å². The maximum absolute atomic E-state index is 12.6. The number of hydrogen-bond acceptors (Lipinski definition) is 6. The van der Waals surface area contributed by atoms with Gasteiger partial charge >= 0.3 is 6.61 Å². The fraction of sp³-hybridized carbons (Fsp3) is 0.200. The first-order valence-corrected chi connectivity index (χ1v) is 9.59. The van der Waals surface area contributed by atoms with Gasteiger partial charge in [-0.15, -0.1) is 11.3 Å². The number of amides is 1. The van der Waals surface area contributed by atoms with Gasteiger partial charge in [0.15, 0.2) is 23.2 Å². The number of rotatable bonds is 9. The highest BCUT2D eigenvalue weighted by Crippen LogP contribution is 2.33. The zero-order valence-corrected chi connectivity index (χ0v) is 16.2. The summed E-state index contributed by atoms with van der Waals surface area (Å²) in [6.45, 7) is -0.839. The van der Waals surface area contributed by atoms with Crippen LogP contribution in [0.25, 0.3) is 11.3 Å². The van der Waals surface area contributed by atoms with Gasteiger partial charge in [0.25, 0.3) is 5.91 Å². The summed E-state index contributed by atoms with van der Waals surface area (Å²) in [5.41, 5.74) is 0.829. The zero-order chi connectivity index (χ0) is 20.6. The van der Waals surface area contributed by atoms with Crippen molar-refractivity contribution in [2.45, 2.75) is 13.5 Å². The molecular weight excluding hydrogens is 402 g/mol. The highest BCUT2D eigenvalue weighted by molar-refractivity contribution is 7.14. The van der Waals surface area contributed by atoms with Gasteiger partial charge in [-0.3, -0.25) is 10.1 Å². The van der Waals surface area contributed by atoms with Crippen LogP contribution >= 0.6 is 11.3 Å². The third-order valence-corrected chi connectivity index (χ3v) is 4.40. The number of halogens is 2. The molecule has 0 aliphatic rings. The van der Waals surface area contributed by atoms with Crippen molar-refractivity contribution in [1.82, 2.24) is 4.98 Å². The molecule has 29 heavy (non-hydrogen) atoms. The molecule has 152 valence electrons. The number of alkyl halides is 2. The number of anilines is 1. The van der Waals surface area contributed by atoms with E-state index in [9.17, 15) is 13.6 Å². The predicted octanol–water partition coefficient (Wildman–Crippen LogP) is 4.83. The molecule has 0 bridgehead atoms. The molecule has 0 saturated carbocycles. The van der Waals surface area contributed by atoms with Crippen LogP contribution in [0, 0.1) is 0 Å². The van der Waals surface area contributed by atoms with E-state index < -0.39 is 12.5 Å². The average molecular weight is 420 g/mol. The molecule has 0 radical (unpaired) electrons. The summed E-state index contributed by atoms with van der Waals surface area (Å²) >= 11 is 1.17. The first kappa shape index (κ1) is 20.5. The van der Waals surface area contributed by atoms with E-state index in [0.29, 0.717) is 34.5 Å². The summed E-state index contributed by atoms with van der Waals surface area (Å²) in [6.07, 6.45) is 0. The largest absolute Gasteiger partial charge is 0.490 e. The molecule has 3 rings (SSSR count). The molecule has 3 aromatic rings. The molecule has 0 aliphatic heterocycles. The number of ether oxygens (including phenoxy) is 3. The van der Waals surface area contributed by atoms with Crippen molar-refractivity contribution in [2.75, 3.05) is 18.5 Å². The molecule has 0 aliphatic carbocycles. The normalized spacial score (nSPS) is 10.6. The van der Waals surface area contributed by atoms with Gasteiger partial charge in [-0.2, -0.15) is 8.78 Å². The van der Waals surface area contributed by atoms with Gasteiger partial charge in [0.05, 0.1) is 12.3 Å². The summed E-state index contributed by atoms with van der Waals surface area (Å²) in [7, 11) is 0. The molecule has 6 nitrogen and oxygen atoms in total. The Morgan fingerprint density at radius 3 is 2.41 bits per heavy atom. The van der Waals surface area contributed by atoms with Crippen molar-refractivity contribution in [2.24, 2.45) is 0 Å². The summed E-state index contributed by atoms with van der Waals surface area (Å²) in [6, 6.07) is 13.4. The highest BCUT2D eigenvalue weighted by Gasteiger charge is 2.15. The van der Waals surface area contributed by atoms with Crippen LogP contribution in [0.15, 0.2) is 53.9 Å². The van der Waals surface area contributed by atoms with Crippen LogP contribution in [0.3, 0.4) is 0 Å². The number of carbonyl (C=O) groups is 1. The molecule has 2 aromatic carbocycles. The summed E-state index contributed by atoms with van der Waals surface area (Å²) in [5, 5.41) is 4.59. The van der Waals surface area contributed by atoms with E-state index in [2.05, 4.69) is 15.0 Å². The summed E-state index contributed by atoms with van der Waals surface area (Å²) in [5.74, 6) is 0.619. The Balaban J connectivity index is 1.63. The van der Waals surface area contributed by atoms with E-state index in [-0.39, 0.29) is 12.4 Å². The van der Waals surface area contributed by atoms with Crippen LogP contribution in [-0.4, -0.2) is 30.7 Å². The van der Waals surface area contributed by atoms with E-state index in [1.807, 2.05) is 13.0 Å². The van der Waals surface area contributed by atoms with E-state index in [4.69, 9.17) is 9.47 Å². The second kappa shape index (κ2) is 9.83. The number of nitrogens with zero attached hydrogens (tertiary/aromatic N) is 1. The lowest BCUT2D eigenvalue weighted by Crippen LogP contribution is -2.20. The fourth-order valence-electron chi connectivity index (χ4n) is 2.47. The van der Waals surface area contributed by atoms with Crippen LogP contribution in [0.1, 0.15) is 6.92 Å². The molecular formula is C20H18F2N2O4S. The van der Waals surface area contributed by atoms with Gasteiger partial charge in [-0.05, 0) is 31.2 Å². The lowest BCUT2D eigenvalue weighted by molar-refractivity contribution is -0.118. The second-order valence-electron chi connectivity index (χ2n) is 5.63. The zero-order valence-electron chi connectivity index (χ0n) is 15.4. The quantitative estimate of drug-likeness (QED) is 0.537. The highest BCUT2D eigenvalue weighted by atomic mass is 32.1. The minimum absolute atomic E-state index is 0.0153. The fourth-order valence-corrected chi connectivity index (χ4v) is 3.20. The summed E-state index contributed by atoms with van der Waals surface area (Å²) in [4.78, 5) is 16.5. The van der Waals surface area contributed by atoms with Gasteiger partial charge in [-0.1, -0.05) is 24.3 Å². The number of carbonyl (C=O) groups excluding carboxylic acids is 1. The molecule has 1 N–H and O–H groups in total. The van der Waals surface area contributed by atoms with Gasteiger partial charge in [0.2, 0.25) is 0 Å². The Labute approximate surface area is 170 Å². The Morgan fingerprint density at radius 2 is 1.72 bits per heavy atom. The van der Waals surface area contributed by atoms with Gasteiger partial charge in [-0.25, -0.2) is 4.98 Å². The third kappa shape index (κ3) is 5.64. The second-order valence-corrected chi connectivity index (χ2v) is 6.49. The van der Waals surface area contributed by atoms with Crippen molar-refractivity contribution in [3.05, 3.63) is 53.9 Å². The number of para-hydroxylation sites is 3. The monoisotopic (exact) mass is 420 g/mol. The molecule has 0 fully saturated rings. The third-order valence-electron chi connectivity index (χ3n) is 3.64. The van der Waals surface area contributed by atoms with Crippen LogP contribution < -0.4 is 19.5 Å². The maximum Gasteiger partial charge on any atom is 0.387 e. The summed E-state index contributed by atoms with van der Waals surface area (Å²) < 4.78 is 40.6. The molecule has 1 heterocycles. The van der Waals surface area contributed by atoms with Gasteiger partial charge in [0, 0.05) is 10.9 Å². The SMILES string of the molecule is CCOc1ccccc1OCC(=O)Nc1nc(-c2ccccc2OC(F)F)cs1. The number of nitrogens with one attached hydrogen (secondary N) is 1. The van der Waals surface area contributed by atoms with E-state index in [1.54, 1.807) is 41.8 Å². The van der Waals surface area contributed by atoms with E-state index in [1.165, 1.54) is 17.4 Å². The van der Waals surface area contributed by atoms with Crippen LogP contribution in [0.5, 0.6) is 17.2 Å². The first-order chi connectivity index (χ1) is 14.1. The molecule has 0 saturated heterocycles. The Hall–Kier alpha value is -3.20. The number of thiazole rings is 1. The van der Waals surface area contributed by atoms with E-state index >= 15 is 0 Å². The Bertz CT molecular complexity index is 965. The first-order valence-electron chi connectivity index (χ1n) is 8.71. The number of hydrogen-bond donors (Lipinski definition) is 1.